The third kappa shape index (κ3) is 1.82. The normalized spacial score (nSPS) is 20.5. The van der Waals surface area contributed by atoms with Gasteiger partial charge in [-0.1, -0.05) is 0 Å². The Labute approximate surface area is 111 Å². The van der Waals surface area contributed by atoms with Crippen LogP contribution in [0.3, 0.4) is 0 Å². The molecule has 6 nitrogen and oxygen atoms in total. The van der Waals surface area contributed by atoms with Crippen LogP contribution < -0.4 is 10.6 Å². The highest BCUT2D eigenvalue weighted by Crippen LogP contribution is 2.61. The summed E-state index contributed by atoms with van der Waals surface area (Å²) in [5, 5.41) is 14.4. The standard InChI is InChI=1S/C13H18N6/c1-14-12-17-10(9-6-16-19-11(9)18-12)15-7-13(4-5-13)8-2-3-8/h6,8H,2-5,7H2,1H3,(H3,14,15,16,17,18,19). The Balaban J connectivity index is 1.60. The lowest BCUT2D eigenvalue weighted by atomic mass is 10.0. The molecule has 2 aromatic rings. The lowest BCUT2D eigenvalue weighted by molar-refractivity contribution is 0.466. The molecule has 0 radical (unpaired) electrons. The number of nitrogens with one attached hydrogen (secondary N) is 3. The van der Waals surface area contributed by atoms with Crippen LogP contribution in [0.2, 0.25) is 0 Å². The van der Waals surface area contributed by atoms with E-state index >= 15 is 0 Å². The Morgan fingerprint density at radius 3 is 2.89 bits per heavy atom. The van der Waals surface area contributed by atoms with Crippen LogP contribution in [0.15, 0.2) is 6.20 Å². The maximum atomic E-state index is 4.51. The van der Waals surface area contributed by atoms with Crippen molar-refractivity contribution in [3.05, 3.63) is 6.20 Å². The van der Waals surface area contributed by atoms with Crippen LogP contribution in [0.25, 0.3) is 11.0 Å². The second-order valence-electron chi connectivity index (χ2n) is 5.77. The first-order valence-corrected chi connectivity index (χ1v) is 6.93. The minimum absolute atomic E-state index is 0.556. The SMILES string of the molecule is CNc1nc(NCC2(C3CC3)CC2)c2cn[nH]c2n1. The van der Waals surface area contributed by atoms with Crippen molar-refractivity contribution < 1.29 is 0 Å². The van der Waals surface area contributed by atoms with Crippen molar-refractivity contribution in [2.75, 3.05) is 24.2 Å². The molecule has 2 aromatic heterocycles. The van der Waals surface area contributed by atoms with Gasteiger partial charge in [-0.15, -0.1) is 0 Å². The van der Waals surface area contributed by atoms with Crippen LogP contribution in [0.1, 0.15) is 25.7 Å². The third-order valence-electron chi connectivity index (χ3n) is 4.48. The molecule has 19 heavy (non-hydrogen) atoms. The number of H-pyrrole nitrogens is 1. The molecule has 0 saturated heterocycles. The van der Waals surface area contributed by atoms with Crippen molar-refractivity contribution >= 4 is 22.8 Å². The van der Waals surface area contributed by atoms with Crippen LogP contribution in [0.5, 0.6) is 0 Å². The van der Waals surface area contributed by atoms with Gasteiger partial charge in [0, 0.05) is 13.6 Å². The summed E-state index contributed by atoms with van der Waals surface area (Å²) < 4.78 is 0. The van der Waals surface area contributed by atoms with Crippen LogP contribution >= 0.6 is 0 Å². The summed E-state index contributed by atoms with van der Waals surface area (Å²) >= 11 is 0. The van der Waals surface area contributed by atoms with Gasteiger partial charge in [0.25, 0.3) is 0 Å². The average molecular weight is 258 g/mol. The Morgan fingerprint density at radius 1 is 1.37 bits per heavy atom. The van der Waals surface area contributed by atoms with Crippen molar-refractivity contribution in [2.24, 2.45) is 11.3 Å². The van der Waals surface area contributed by atoms with Gasteiger partial charge in [-0.05, 0) is 37.0 Å². The number of rotatable bonds is 5. The second kappa shape index (κ2) is 3.82. The number of hydrogen-bond donors (Lipinski definition) is 3. The molecular weight excluding hydrogens is 240 g/mol. The molecule has 6 heteroatoms. The van der Waals surface area contributed by atoms with Gasteiger partial charge in [-0.25, -0.2) is 0 Å². The molecule has 0 spiro atoms. The Bertz CT molecular complexity index is 611. The van der Waals surface area contributed by atoms with E-state index in [0.717, 1.165) is 29.3 Å². The zero-order valence-corrected chi connectivity index (χ0v) is 11.0. The molecule has 3 N–H and O–H groups in total. The van der Waals surface area contributed by atoms with Crippen molar-refractivity contribution in [1.29, 1.82) is 0 Å². The molecule has 2 heterocycles. The largest absolute Gasteiger partial charge is 0.369 e. The van der Waals surface area contributed by atoms with E-state index in [4.69, 9.17) is 0 Å². The van der Waals surface area contributed by atoms with Gasteiger partial charge in [0.1, 0.15) is 5.82 Å². The summed E-state index contributed by atoms with van der Waals surface area (Å²) in [5.41, 5.74) is 1.33. The topological polar surface area (TPSA) is 78.5 Å². The molecule has 0 aromatic carbocycles. The molecule has 0 unspecified atom stereocenters. The van der Waals surface area contributed by atoms with Crippen molar-refractivity contribution in [1.82, 2.24) is 20.2 Å². The molecule has 0 aliphatic heterocycles. The van der Waals surface area contributed by atoms with E-state index in [0.29, 0.717) is 11.4 Å². The summed E-state index contributed by atoms with van der Waals surface area (Å²) in [4.78, 5) is 8.85. The predicted octanol–water partition coefficient (Wildman–Crippen LogP) is 2.00. The third-order valence-corrected chi connectivity index (χ3v) is 4.48. The predicted molar refractivity (Wildman–Crippen MR) is 74.1 cm³/mol. The fraction of sp³-hybridized carbons (Fsp3) is 0.615. The highest BCUT2D eigenvalue weighted by atomic mass is 15.2. The molecular formula is C13H18N6. The minimum atomic E-state index is 0.556. The smallest absolute Gasteiger partial charge is 0.226 e. The van der Waals surface area contributed by atoms with Crippen LogP contribution in [0.4, 0.5) is 11.8 Å². The molecule has 0 amide bonds. The number of fused-ring (bicyclic) bond motifs is 1. The quantitative estimate of drug-likeness (QED) is 0.764. The molecule has 0 bridgehead atoms. The highest BCUT2D eigenvalue weighted by Gasteiger charge is 2.53. The fourth-order valence-corrected chi connectivity index (χ4v) is 2.93. The molecule has 2 fully saturated rings. The zero-order valence-electron chi connectivity index (χ0n) is 11.0. The summed E-state index contributed by atoms with van der Waals surface area (Å²) in [5.74, 6) is 2.45. The first-order chi connectivity index (χ1) is 9.31. The van der Waals surface area contributed by atoms with Gasteiger partial charge in [0.05, 0.1) is 11.6 Å². The molecule has 0 atom stereocenters. The first-order valence-electron chi connectivity index (χ1n) is 6.93. The summed E-state index contributed by atoms with van der Waals surface area (Å²) in [7, 11) is 1.83. The zero-order chi connectivity index (χ0) is 12.9. The lowest BCUT2D eigenvalue weighted by Crippen LogP contribution is -2.18. The van der Waals surface area contributed by atoms with E-state index in [1.807, 2.05) is 7.05 Å². The first kappa shape index (κ1) is 11.0. The molecule has 4 rings (SSSR count). The van der Waals surface area contributed by atoms with E-state index in [1.54, 1.807) is 6.20 Å². The maximum Gasteiger partial charge on any atom is 0.226 e. The maximum absolute atomic E-state index is 4.51. The number of nitrogens with zero attached hydrogens (tertiary/aromatic N) is 3. The van der Waals surface area contributed by atoms with Crippen molar-refractivity contribution in [3.63, 3.8) is 0 Å². The second-order valence-corrected chi connectivity index (χ2v) is 5.77. The van der Waals surface area contributed by atoms with E-state index in [2.05, 4.69) is 30.8 Å². The van der Waals surface area contributed by atoms with Gasteiger partial charge < -0.3 is 10.6 Å². The lowest BCUT2D eigenvalue weighted by Gasteiger charge is -2.16. The summed E-state index contributed by atoms with van der Waals surface area (Å²) in [6.07, 6.45) is 7.34. The van der Waals surface area contributed by atoms with Gasteiger partial charge in [-0.3, -0.25) is 5.10 Å². The number of anilines is 2. The monoisotopic (exact) mass is 258 g/mol. The molecule has 2 aliphatic carbocycles. The summed E-state index contributed by atoms with van der Waals surface area (Å²) in [6, 6.07) is 0. The molecule has 2 aliphatic rings. The molecule has 2 saturated carbocycles. The van der Waals surface area contributed by atoms with E-state index in [1.165, 1.54) is 25.7 Å². The Hall–Kier alpha value is -1.85. The van der Waals surface area contributed by atoms with Crippen LogP contribution in [-0.2, 0) is 0 Å². The minimum Gasteiger partial charge on any atom is -0.369 e. The summed E-state index contributed by atoms with van der Waals surface area (Å²) in [6.45, 7) is 1.03. The average Bonchev–Trinajstić information content (AvgIpc) is 3.33. The number of aromatic nitrogens is 4. The van der Waals surface area contributed by atoms with Gasteiger partial charge in [0.15, 0.2) is 5.65 Å². The van der Waals surface area contributed by atoms with Crippen molar-refractivity contribution in [2.45, 2.75) is 25.7 Å². The van der Waals surface area contributed by atoms with E-state index in [-0.39, 0.29) is 0 Å². The number of hydrogen-bond acceptors (Lipinski definition) is 5. The highest BCUT2D eigenvalue weighted by molar-refractivity contribution is 5.86. The Morgan fingerprint density at radius 2 is 2.21 bits per heavy atom. The van der Waals surface area contributed by atoms with Crippen molar-refractivity contribution in [3.8, 4) is 0 Å². The van der Waals surface area contributed by atoms with Crippen LogP contribution in [-0.4, -0.2) is 33.8 Å². The van der Waals surface area contributed by atoms with Gasteiger partial charge in [-0.2, -0.15) is 15.1 Å². The fourth-order valence-electron chi connectivity index (χ4n) is 2.93. The van der Waals surface area contributed by atoms with Gasteiger partial charge in [0.2, 0.25) is 5.95 Å². The van der Waals surface area contributed by atoms with Gasteiger partial charge >= 0.3 is 0 Å². The van der Waals surface area contributed by atoms with E-state index < -0.39 is 0 Å². The Kier molecular flexibility index (Phi) is 2.22. The number of aromatic amines is 1. The van der Waals surface area contributed by atoms with Crippen LogP contribution in [0, 0.1) is 11.3 Å². The molecule has 100 valence electrons. The van der Waals surface area contributed by atoms with E-state index in [9.17, 15) is 0 Å².